The first-order valence-corrected chi connectivity index (χ1v) is 11.4. The quantitative estimate of drug-likeness (QED) is 0.885. The molecule has 0 saturated carbocycles. The fourth-order valence-electron chi connectivity index (χ4n) is 3.71. The summed E-state index contributed by atoms with van der Waals surface area (Å²) in [5.41, 5.74) is 1.37. The predicted molar refractivity (Wildman–Crippen MR) is 97.0 cm³/mol. The van der Waals surface area contributed by atoms with E-state index < -0.39 is 10.0 Å². The molecule has 2 heterocycles. The van der Waals surface area contributed by atoms with Gasteiger partial charge >= 0.3 is 0 Å². The molecule has 1 fully saturated rings. The van der Waals surface area contributed by atoms with E-state index in [0.717, 1.165) is 23.6 Å². The number of carbonyl (C=O) groups is 1. The number of nitrogens with one attached hydrogen (secondary N) is 1. The second-order valence-corrected chi connectivity index (χ2v) is 9.95. The van der Waals surface area contributed by atoms with E-state index in [4.69, 9.17) is 0 Å². The number of nitrogens with zero attached hydrogens (tertiary/aromatic N) is 1. The zero-order valence-corrected chi connectivity index (χ0v) is 16.0. The zero-order chi connectivity index (χ0) is 17.3. The van der Waals surface area contributed by atoms with Crippen LogP contribution in [-0.2, 0) is 22.9 Å². The first-order chi connectivity index (χ1) is 11.4. The van der Waals surface area contributed by atoms with Gasteiger partial charge in [0.2, 0.25) is 10.0 Å². The highest BCUT2D eigenvalue weighted by atomic mass is 32.2. The van der Waals surface area contributed by atoms with E-state index in [9.17, 15) is 13.2 Å². The molecule has 1 N–H and O–H groups in total. The maximum absolute atomic E-state index is 12.8. The highest BCUT2D eigenvalue weighted by Gasteiger charge is 2.28. The average Bonchev–Trinajstić information content (AvgIpc) is 2.96. The van der Waals surface area contributed by atoms with Crippen LogP contribution in [0, 0.1) is 5.92 Å². The summed E-state index contributed by atoms with van der Waals surface area (Å²) in [5, 5.41) is 0. The van der Waals surface area contributed by atoms with Crippen molar-refractivity contribution in [3.05, 3.63) is 21.4 Å². The number of piperidine rings is 1. The fourth-order valence-corrected chi connectivity index (χ4v) is 5.73. The summed E-state index contributed by atoms with van der Waals surface area (Å²) in [6, 6.07) is 2.05. The standard InChI is InChI=1S/C17H26N2O3S2/c1-3-12-4-5-15-13(10-12)11-16(23-15)17(20)19-8-6-14(7-9-19)18-24(2,21)22/h11-12,14,18H,3-10H2,1-2H3/t12-/m0/s1. The molecule has 1 saturated heterocycles. The van der Waals surface area contributed by atoms with Crippen LogP contribution in [0.1, 0.15) is 52.7 Å². The van der Waals surface area contributed by atoms with Crippen LogP contribution in [0.2, 0.25) is 0 Å². The monoisotopic (exact) mass is 370 g/mol. The lowest BCUT2D eigenvalue weighted by atomic mass is 9.87. The molecule has 0 bridgehead atoms. The molecular formula is C17H26N2O3S2. The third kappa shape index (κ3) is 4.18. The molecular weight excluding hydrogens is 344 g/mol. The zero-order valence-electron chi connectivity index (χ0n) is 14.4. The Labute approximate surface area is 148 Å². The Balaban J connectivity index is 1.61. The summed E-state index contributed by atoms with van der Waals surface area (Å²) in [5.74, 6) is 0.869. The van der Waals surface area contributed by atoms with Gasteiger partial charge in [-0.2, -0.15) is 0 Å². The highest BCUT2D eigenvalue weighted by molar-refractivity contribution is 7.88. The van der Waals surface area contributed by atoms with Crippen molar-refractivity contribution >= 4 is 27.3 Å². The highest BCUT2D eigenvalue weighted by Crippen LogP contribution is 2.34. The van der Waals surface area contributed by atoms with Crippen molar-refractivity contribution in [2.45, 2.75) is 51.5 Å². The number of sulfonamides is 1. The van der Waals surface area contributed by atoms with Crippen molar-refractivity contribution < 1.29 is 13.2 Å². The van der Waals surface area contributed by atoms with Gasteiger partial charge in [0, 0.05) is 24.0 Å². The maximum Gasteiger partial charge on any atom is 0.263 e. The molecule has 3 rings (SSSR count). The molecule has 0 spiro atoms. The van der Waals surface area contributed by atoms with Gasteiger partial charge in [-0.1, -0.05) is 13.3 Å². The minimum Gasteiger partial charge on any atom is -0.338 e. The van der Waals surface area contributed by atoms with Crippen LogP contribution in [0.25, 0.3) is 0 Å². The minimum absolute atomic E-state index is 0.0501. The molecule has 134 valence electrons. The van der Waals surface area contributed by atoms with Crippen LogP contribution in [-0.4, -0.2) is 44.6 Å². The molecule has 7 heteroatoms. The lowest BCUT2D eigenvalue weighted by Gasteiger charge is -2.31. The number of carbonyl (C=O) groups excluding carboxylic acids is 1. The number of aryl methyl sites for hydroxylation is 1. The molecule has 2 aliphatic rings. The predicted octanol–water partition coefficient (Wildman–Crippen LogP) is 2.42. The summed E-state index contributed by atoms with van der Waals surface area (Å²) < 4.78 is 25.3. The van der Waals surface area contributed by atoms with Crippen LogP contribution in [0.3, 0.4) is 0 Å². The summed E-state index contributed by atoms with van der Waals surface area (Å²) in [7, 11) is -3.17. The van der Waals surface area contributed by atoms with E-state index in [1.54, 1.807) is 11.3 Å². The van der Waals surface area contributed by atoms with E-state index in [-0.39, 0.29) is 11.9 Å². The Bertz CT molecular complexity index is 703. The molecule has 0 radical (unpaired) electrons. The summed E-state index contributed by atoms with van der Waals surface area (Å²) >= 11 is 1.66. The Morgan fingerprint density at radius 1 is 1.33 bits per heavy atom. The van der Waals surface area contributed by atoms with Gasteiger partial charge in [-0.15, -0.1) is 11.3 Å². The summed E-state index contributed by atoms with van der Waals surface area (Å²) in [6.45, 7) is 3.47. The SMILES string of the molecule is CC[C@H]1CCc2sc(C(=O)N3CCC(NS(C)(=O)=O)CC3)cc2C1. The van der Waals surface area contributed by atoms with Crippen molar-refractivity contribution in [3.8, 4) is 0 Å². The van der Waals surface area contributed by atoms with Crippen molar-refractivity contribution in [2.75, 3.05) is 19.3 Å². The fraction of sp³-hybridized carbons (Fsp3) is 0.706. The number of rotatable bonds is 4. The number of hydrogen-bond donors (Lipinski definition) is 1. The number of thiophene rings is 1. The first kappa shape index (κ1) is 17.9. The van der Waals surface area contributed by atoms with Gasteiger partial charge in [0.25, 0.3) is 5.91 Å². The van der Waals surface area contributed by atoms with E-state index >= 15 is 0 Å². The van der Waals surface area contributed by atoms with Crippen LogP contribution >= 0.6 is 11.3 Å². The van der Waals surface area contributed by atoms with Gasteiger partial charge < -0.3 is 4.90 Å². The largest absolute Gasteiger partial charge is 0.338 e. The van der Waals surface area contributed by atoms with Crippen LogP contribution in [0.5, 0.6) is 0 Å². The molecule has 5 nitrogen and oxygen atoms in total. The van der Waals surface area contributed by atoms with E-state index in [1.165, 1.54) is 29.5 Å². The molecule has 1 aliphatic heterocycles. The molecule has 1 atom stereocenters. The second kappa shape index (κ2) is 7.14. The second-order valence-electron chi connectivity index (χ2n) is 7.03. The van der Waals surface area contributed by atoms with Crippen LogP contribution in [0.4, 0.5) is 0 Å². The van der Waals surface area contributed by atoms with Crippen molar-refractivity contribution in [1.29, 1.82) is 0 Å². The minimum atomic E-state index is -3.17. The number of fused-ring (bicyclic) bond motifs is 1. The Kier molecular flexibility index (Phi) is 5.32. The third-order valence-electron chi connectivity index (χ3n) is 5.14. The lowest BCUT2D eigenvalue weighted by Crippen LogP contribution is -2.46. The van der Waals surface area contributed by atoms with Gasteiger partial charge in [0.15, 0.2) is 0 Å². The van der Waals surface area contributed by atoms with Gasteiger partial charge in [-0.05, 0) is 49.7 Å². The Morgan fingerprint density at radius 2 is 2.04 bits per heavy atom. The topological polar surface area (TPSA) is 66.5 Å². The van der Waals surface area contributed by atoms with Crippen molar-refractivity contribution in [2.24, 2.45) is 5.92 Å². The average molecular weight is 371 g/mol. The van der Waals surface area contributed by atoms with Crippen molar-refractivity contribution in [3.63, 3.8) is 0 Å². The number of hydrogen-bond acceptors (Lipinski definition) is 4. The molecule has 0 unspecified atom stereocenters. The first-order valence-electron chi connectivity index (χ1n) is 8.74. The molecule has 24 heavy (non-hydrogen) atoms. The van der Waals surface area contributed by atoms with E-state index in [0.29, 0.717) is 25.9 Å². The molecule has 1 aliphatic carbocycles. The molecule has 1 aromatic heterocycles. The summed E-state index contributed by atoms with van der Waals surface area (Å²) in [4.78, 5) is 16.9. The Hall–Kier alpha value is -0.920. The van der Waals surface area contributed by atoms with E-state index in [2.05, 4.69) is 17.7 Å². The Morgan fingerprint density at radius 3 is 2.67 bits per heavy atom. The maximum atomic E-state index is 12.8. The van der Waals surface area contributed by atoms with Crippen LogP contribution < -0.4 is 4.72 Å². The van der Waals surface area contributed by atoms with Crippen molar-refractivity contribution in [1.82, 2.24) is 9.62 Å². The molecule has 1 aromatic rings. The molecule has 1 amide bonds. The van der Waals surface area contributed by atoms with Gasteiger partial charge in [-0.3, -0.25) is 4.79 Å². The van der Waals surface area contributed by atoms with Crippen LogP contribution in [0.15, 0.2) is 6.07 Å². The number of likely N-dealkylation sites (tertiary alicyclic amines) is 1. The smallest absolute Gasteiger partial charge is 0.263 e. The summed E-state index contributed by atoms with van der Waals surface area (Å²) in [6.07, 6.45) is 7.20. The molecule has 0 aromatic carbocycles. The van der Waals surface area contributed by atoms with Gasteiger partial charge in [0.1, 0.15) is 0 Å². The van der Waals surface area contributed by atoms with Gasteiger partial charge in [-0.25, -0.2) is 13.1 Å². The normalized spacial score (nSPS) is 22.4. The third-order valence-corrected chi connectivity index (χ3v) is 7.12. The van der Waals surface area contributed by atoms with Gasteiger partial charge in [0.05, 0.1) is 11.1 Å². The lowest BCUT2D eigenvalue weighted by molar-refractivity contribution is 0.0716. The van der Waals surface area contributed by atoms with E-state index in [1.807, 2.05) is 4.90 Å². The number of amides is 1.